The first-order valence-electron chi connectivity index (χ1n) is 6.94. The molecule has 1 aromatic heterocycles. The molecule has 0 saturated carbocycles. The Kier molecular flexibility index (Phi) is 6.10. The molecule has 0 unspecified atom stereocenters. The molecular formula is C16H18ClN3OS. The fourth-order valence-corrected chi connectivity index (χ4v) is 2.64. The van der Waals surface area contributed by atoms with Crippen LogP contribution in [0.2, 0.25) is 5.02 Å². The molecular weight excluding hydrogens is 318 g/mol. The molecule has 22 heavy (non-hydrogen) atoms. The Bertz CT molecular complexity index is 634. The zero-order chi connectivity index (χ0) is 15.9. The van der Waals surface area contributed by atoms with Crippen LogP contribution in [-0.2, 0) is 6.54 Å². The number of nitrogens with one attached hydrogen (secondary N) is 1. The zero-order valence-corrected chi connectivity index (χ0v) is 14.1. The highest BCUT2D eigenvalue weighted by atomic mass is 35.5. The predicted octanol–water partition coefficient (Wildman–Crippen LogP) is 4.51. The van der Waals surface area contributed by atoms with Crippen LogP contribution in [0.3, 0.4) is 0 Å². The standard InChI is InChI=1S/C16H18ClN3OS/c1-3-22-15-9-8-13(10-18-15)19-16(21)20(2)11-12-6-4-5-7-14(12)17/h4-10H,3,11H2,1-2H3,(H,19,21). The summed E-state index contributed by atoms with van der Waals surface area (Å²) in [6, 6.07) is 11.1. The summed E-state index contributed by atoms with van der Waals surface area (Å²) in [6.45, 7) is 2.52. The van der Waals surface area contributed by atoms with Crippen molar-refractivity contribution in [1.82, 2.24) is 9.88 Å². The van der Waals surface area contributed by atoms with Crippen LogP contribution in [-0.4, -0.2) is 28.7 Å². The second-order valence-corrected chi connectivity index (χ2v) is 6.39. The number of carbonyl (C=O) groups excluding carboxylic acids is 1. The van der Waals surface area contributed by atoms with Crippen LogP contribution in [0.15, 0.2) is 47.6 Å². The minimum absolute atomic E-state index is 0.197. The third-order valence-electron chi connectivity index (χ3n) is 2.99. The summed E-state index contributed by atoms with van der Waals surface area (Å²) in [4.78, 5) is 18.0. The Morgan fingerprint density at radius 3 is 2.73 bits per heavy atom. The highest BCUT2D eigenvalue weighted by molar-refractivity contribution is 7.99. The lowest BCUT2D eigenvalue weighted by Gasteiger charge is -2.18. The Balaban J connectivity index is 1.95. The Labute approximate surface area is 139 Å². The highest BCUT2D eigenvalue weighted by Gasteiger charge is 2.11. The van der Waals surface area contributed by atoms with Gasteiger partial charge in [-0.25, -0.2) is 9.78 Å². The summed E-state index contributed by atoms with van der Waals surface area (Å²) in [5.74, 6) is 0.972. The van der Waals surface area contributed by atoms with Gasteiger partial charge in [0.15, 0.2) is 0 Å². The average molecular weight is 336 g/mol. The smallest absolute Gasteiger partial charge is 0.321 e. The van der Waals surface area contributed by atoms with Gasteiger partial charge in [0.25, 0.3) is 0 Å². The van der Waals surface area contributed by atoms with Gasteiger partial charge >= 0.3 is 6.03 Å². The molecule has 0 aliphatic rings. The lowest BCUT2D eigenvalue weighted by molar-refractivity contribution is 0.220. The van der Waals surface area contributed by atoms with E-state index in [0.717, 1.165) is 16.3 Å². The molecule has 0 atom stereocenters. The number of hydrogen-bond donors (Lipinski definition) is 1. The summed E-state index contributed by atoms with van der Waals surface area (Å²) in [6.07, 6.45) is 1.67. The molecule has 0 spiro atoms. The van der Waals surface area contributed by atoms with E-state index in [0.29, 0.717) is 17.3 Å². The third-order valence-corrected chi connectivity index (χ3v) is 4.19. The van der Waals surface area contributed by atoms with Gasteiger partial charge in [0.05, 0.1) is 16.9 Å². The molecule has 0 fully saturated rings. The SMILES string of the molecule is CCSc1ccc(NC(=O)N(C)Cc2ccccc2Cl)cn1. The fraction of sp³-hybridized carbons (Fsp3) is 0.250. The molecule has 0 aliphatic carbocycles. The van der Waals surface area contributed by atoms with Crippen molar-refractivity contribution in [2.75, 3.05) is 18.1 Å². The van der Waals surface area contributed by atoms with Gasteiger partial charge in [-0.15, -0.1) is 11.8 Å². The number of hydrogen-bond acceptors (Lipinski definition) is 3. The molecule has 0 saturated heterocycles. The topological polar surface area (TPSA) is 45.2 Å². The van der Waals surface area contributed by atoms with E-state index in [-0.39, 0.29) is 6.03 Å². The summed E-state index contributed by atoms with van der Waals surface area (Å²) < 4.78 is 0. The summed E-state index contributed by atoms with van der Waals surface area (Å²) in [5.41, 5.74) is 1.59. The Hall–Kier alpha value is -1.72. The molecule has 6 heteroatoms. The molecule has 2 aromatic rings. The van der Waals surface area contributed by atoms with E-state index in [2.05, 4.69) is 17.2 Å². The van der Waals surface area contributed by atoms with Gasteiger partial charge in [0, 0.05) is 18.6 Å². The van der Waals surface area contributed by atoms with Crippen molar-refractivity contribution < 1.29 is 4.79 Å². The van der Waals surface area contributed by atoms with Crippen LogP contribution in [0.4, 0.5) is 10.5 Å². The van der Waals surface area contributed by atoms with Gasteiger partial charge in [0.1, 0.15) is 0 Å². The first-order chi connectivity index (χ1) is 10.6. The second-order valence-electron chi connectivity index (χ2n) is 4.70. The van der Waals surface area contributed by atoms with Crippen LogP contribution in [0.5, 0.6) is 0 Å². The van der Waals surface area contributed by atoms with E-state index in [1.165, 1.54) is 0 Å². The molecule has 0 bridgehead atoms. The first-order valence-corrected chi connectivity index (χ1v) is 8.31. The second kappa shape index (κ2) is 8.06. The quantitative estimate of drug-likeness (QED) is 0.817. The van der Waals surface area contributed by atoms with E-state index in [4.69, 9.17) is 11.6 Å². The number of aromatic nitrogens is 1. The van der Waals surface area contributed by atoms with Crippen molar-refractivity contribution in [3.8, 4) is 0 Å². The van der Waals surface area contributed by atoms with Crippen molar-refractivity contribution in [3.63, 3.8) is 0 Å². The average Bonchev–Trinajstić information content (AvgIpc) is 2.51. The first kappa shape index (κ1) is 16.6. The number of urea groups is 1. The number of pyridine rings is 1. The number of nitrogens with zero attached hydrogens (tertiary/aromatic N) is 2. The molecule has 2 rings (SSSR count). The van der Waals surface area contributed by atoms with Gasteiger partial charge in [0.2, 0.25) is 0 Å². The number of rotatable bonds is 5. The maximum atomic E-state index is 12.2. The number of amides is 2. The molecule has 1 heterocycles. The van der Waals surface area contributed by atoms with Crippen LogP contribution >= 0.6 is 23.4 Å². The highest BCUT2D eigenvalue weighted by Crippen LogP contribution is 2.18. The molecule has 4 nitrogen and oxygen atoms in total. The maximum absolute atomic E-state index is 12.2. The van der Waals surface area contributed by atoms with Gasteiger partial charge in [-0.1, -0.05) is 36.7 Å². The van der Waals surface area contributed by atoms with Gasteiger partial charge < -0.3 is 10.2 Å². The maximum Gasteiger partial charge on any atom is 0.321 e. The predicted molar refractivity (Wildman–Crippen MR) is 92.6 cm³/mol. The van der Waals surface area contributed by atoms with E-state index in [9.17, 15) is 4.79 Å². The Morgan fingerprint density at radius 2 is 2.09 bits per heavy atom. The van der Waals surface area contributed by atoms with Gasteiger partial charge in [-0.2, -0.15) is 0 Å². The van der Waals surface area contributed by atoms with E-state index in [1.807, 2.05) is 36.4 Å². The number of benzene rings is 1. The summed E-state index contributed by atoms with van der Waals surface area (Å²) in [5, 5.41) is 4.43. The Morgan fingerprint density at radius 1 is 1.32 bits per heavy atom. The summed E-state index contributed by atoms with van der Waals surface area (Å²) >= 11 is 7.77. The van der Waals surface area contributed by atoms with Crippen LogP contribution in [0, 0.1) is 0 Å². The number of carbonyl (C=O) groups is 1. The van der Waals surface area contributed by atoms with Crippen molar-refractivity contribution in [1.29, 1.82) is 0 Å². The number of anilines is 1. The monoisotopic (exact) mass is 335 g/mol. The molecule has 116 valence electrons. The van der Waals surface area contributed by atoms with E-state index >= 15 is 0 Å². The summed E-state index contributed by atoms with van der Waals surface area (Å²) in [7, 11) is 1.73. The molecule has 1 N–H and O–H groups in total. The molecule has 2 amide bonds. The number of thioether (sulfide) groups is 1. The molecule has 0 aliphatic heterocycles. The third kappa shape index (κ3) is 4.64. The lowest BCUT2D eigenvalue weighted by atomic mass is 10.2. The van der Waals surface area contributed by atoms with Crippen molar-refractivity contribution in [2.45, 2.75) is 18.5 Å². The minimum Gasteiger partial charge on any atom is -0.323 e. The van der Waals surface area contributed by atoms with Gasteiger partial charge in [-0.3, -0.25) is 0 Å². The van der Waals surface area contributed by atoms with Crippen LogP contribution in [0.25, 0.3) is 0 Å². The normalized spacial score (nSPS) is 10.3. The fourth-order valence-electron chi connectivity index (χ4n) is 1.86. The lowest BCUT2D eigenvalue weighted by Crippen LogP contribution is -2.30. The largest absolute Gasteiger partial charge is 0.323 e. The van der Waals surface area contributed by atoms with Crippen LogP contribution < -0.4 is 5.32 Å². The number of halogens is 1. The van der Waals surface area contributed by atoms with Crippen molar-refractivity contribution in [2.24, 2.45) is 0 Å². The molecule has 1 aromatic carbocycles. The van der Waals surface area contributed by atoms with Crippen LogP contribution in [0.1, 0.15) is 12.5 Å². The van der Waals surface area contributed by atoms with Gasteiger partial charge in [-0.05, 0) is 29.5 Å². The molecule has 0 radical (unpaired) electrons. The van der Waals surface area contributed by atoms with E-state index in [1.54, 1.807) is 29.9 Å². The van der Waals surface area contributed by atoms with Crippen molar-refractivity contribution >= 4 is 35.1 Å². The van der Waals surface area contributed by atoms with Crippen molar-refractivity contribution in [3.05, 3.63) is 53.2 Å². The minimum atomic E-state index is -0.197. The zero-order valence-electron chi connectivity index (χ0n) is 12.5. The van der Waals surface area contributed by atoms with E-state index < -0.39 is 0 Å².